The number of para-hydroxylation sites is 2. The molecule has 1 N–H and O–H groups in total. The van der Waals surface area contributed by atoms with E-state index in [0.29, 0.717) is 13.2 Å². The van der Waals surface area contributed by atoms with Crippen molar-refractivity contribution in [1.82, 2.24) is 9.97 Å². The molecular formula is C11H10N2O. The summed E-state index contributed by atoms with van der Waals surface area (Å²) in [5.74, 6) is 3.21. The molecule has 0 unspecified atom stereocenters. The van der Waals surface area contributed by atoms with E-state index < -0.39 is 0 Å². The molecule has 0 spiro atoms. The quantitative estimate of drug-likeness (QED) is 0.585. The predicted molar refractivity (Wildman–Crippen MR) is 54.6 cm³/mol. The molecule has 70 valence electrons. The van der Waals surface area contributed by atoms with Gasteiger partial charge in [-0.15, -0.1) is 6.42 Å². The van der Waals surface area contributed by atoms with E-state index in [-0.39, 0.29) is 0 Å². The number of hydrogen-bond acceptors (Lipinski definition) is 2. The molecule has 2 rings (SSSR count). The van der Waals surface area contributed by atoms with Crippen LogP contribution < -0.4 is 0 Å². The summed E-state index contributed by atoms with van der Waals surface area (Å²) in [7, 11) is 0. The molecule has 0 amide bonds. The average molecular weight is 186 g/mol. The van der Waals surface area contributed by atoms with Gasteiger partial charge in [-0.25, -0.2) is 4.98 Å². The Balaban J connectivity index is 2.15. The summed E-state index contributed by atoms with van der Waals surface area (Å²) in [6.45, 7) is 0.746. The van der Waals surface area contributed by atoms with Crippen molar-refractivity contribution >= 4 is 11.0 Å². The molecule has 0 aliphatic heterocycles. The van der Waals surface area contributed by atoms with Crippen molar-refractivity contribution < 1.29 is 4.74 Å². The summed E-state index contributed by atoms with van der Waals surface area (Å²) in [5, 5.41) is 0. The molecule has 0 saturated carbocycles. The fourth-order valence-electron chi connectivity index (χ4n) is 1.28. The van der Waals surface area contributed by atoms with Gasteiger partial charge in [0, 0.05) is 0 Å². The second-order valence-corrected chi connectivity index (χ2v) is 2.90. The molecule has 14 heavy (non-hydrogen) atoms. The maximum absolute atomic E-state index is 5.17. The zero-order valence-electron chi connectivity index (χ0n) is 7.66. The van der Waals surface area contributed by atoms with Crippen LogP contribution in [-0.2, 0) is 11.3 Å². The molecule has 3 nitrogen and oxygen atoms in total. The highest BCUT2D eigenvalue weighted by molar-refractivity contribution is 5.74. The van der Waals surface area contributed by atoms with Crippen molar-refractivity contribution in [1.29, 1.82) is 0 Å². The Kier molecular flexibility index (Phi) is 2.48. The van der Waals surface area contributed by atoms with Crippen LogP contribution in [0.25, 0.3) is 11.0 Å². The van der Waals surface area contributed by atoms with E-state index in [9.17, 15) is 0 Å². The largest absolute Gasteiger partial charge is 0.361 e. The summed E-state index contributed by atoms with van der Waals surface area (Å²) in [6, 6.07) is 7.85. The van der Waals surface area contributed by atoms with E-state index in [1.54, 1.807) is 0 Å². The molecule has 0 atom stereocenters. The van der Waals surface area contributed by atoms with E-state index in [2.05, 4.69) is 15.9 Å². The molecule has 2 aromatic rings. The first-order valence-corrected chi connectivity index (χ1v) is 4.35. The van der Waals surface area contributed by atoms with Gasteiger partial charge < -0.3 is 9.72 Å². The lowest BCUT2D eigenvalue weighted by Gasteiger charge is -1.94. The lowest BCUT2D eigenvalue weighted by atomic mass is 10.3. The summed E-state index contributed by atoms with van der Waals surface area (Å²) in [4.78, 5) is 7.49. The maximum Gasteiger partial charge on any atom is 0.133 e. The zero-order valence-corrected chi connectivity index (χ0v) is 7.66. The normalized spacial score (nSPS) is 10.2. The van der Waals surface area contributed by atoms with Crippen LogP contribution in [0.3, 0.4) is 0 Å². The summed E-state index contributed by atoms with van der Waals surface area (Å²) in [5.41, 5.74) is 1.97. The zero-order chi connectivity index (χ0) is 9.80. The van der Waals surface area contributed by atoms with Crippen molar-refractivity contribution in [3.8, 4) is 12.3 Å². The van der Waals surface area contributed by atoms with Gasteiger partial charge in [0.05, 0.1) is 11.0 Å². The minimum Gasteiger partial charge on any atom is -0.361 e. The highest BCUT2D eigenvalue weighted by atomic mass is 16.5. The maximum atomic E-state index is 5.17. The Hall–Kier alpha value is -1.79. The number of nitrogens with zero attached hydrogens (tertiary/aromatic N) is 1. The van der Waals surface area contributed by atoms with E-state index in [4.69, 9.17) is 11.2 Å². The number of aromatic nitrogens is 2. The number of rotatable bonds is 3. The average Bonchev–Trinajstić information content (AvgIpc) is 2.60. The number of terminal acetylenes is 1. The lowest BCUT2D eigenvalue weighted by Crippen LogP contribution is -1.94. The molecule has 0 aliphatic carbocycles. The van der Waals surface area contributed by atoms with Crippen molar-refractivity contribution in [2.45, 2.75) is 6.61 Å². The van der Waals surface area contributed by atoms with Gasteiger partial charge in [0.1, 0.15) is 19.0 Å². The first kappa shape index (κ1) is 8.79. The number of hydrogen-bond donors (Lipinski definition) is 1. The Morgan fingerprint density at radius 3 is 3.07 bits per heavy atom. The fraction of sp³-hybridized carbons (Fsp3) is 0.182. The number of aromatic amines is 1. The minimum atomic E-state index is 0.317. The number of fused-ring (bicyclic) bond motifs is 1. The van der Waals surface area contributed by atoms with Gasteiger partial charge >= 0.3 is 0 Å². The van der Waals surface area contributed by atoms with Crippen LogP contribution in [-0.4, -0.2) is 16.6 Å². The smallest absolute Gasteiger partial charge is 0.133 e. The number of H-pyrrole nitrogens is 1. The molecule has 3 heteroatoms. The Morgan fingerprint density at radius 2 is 2.29 bits per heavy atom. The SMILES string of the molecule is C#CCOCc1nc2ccccc2[nH]1. The number of nitrogens with one attached hydrogen (secondary N) is 1. The molecule has 0 radical (unpaired) electrons. The number of ether oxygens (including phenoxy) is 1. The van der Waals surface area contributed by atoms with Crippen molar-refractivity contribution in [2.75, 3.05) is 6.61 Å². The second-order valence-electron chi connectivity index (χ2n) is 2.90. The fourth-order valence-corrected chi connectivity index (χ4v) is 1.28. The second kappa shape index (κ2) is 3.95. The molecular weight excluding hydrogens is 176 g/mol. The third kappa shape index (κ3) is 1.76. The van der Waals surface area contributed by atoms with Gasteiger partial charge in [0.2, 0.25) is 0 Å². The van der Waals surface area contributed by atoms with Crippen LogP contribution >= 0.6 is 0 Å². The molecule has 0 aliphatic rings. The Morgan fingerprint density at radius 1 is 1.43 bits per heavy atom. The van der Waals surface area contributed by atoms with Crippen molar-refractivity contribution in [3.05, 3.63) is 30.1 Å². The first-order chi connectivity index (χ1) is 6.90. The number of imidazole rings is 1. The monoisotopic (exact) mass is 186 g/mol. The van der Waals surface area contributed by atoms with Crippen LogP contribution in [0.5, 0.6) is 0 Å². The molecule has 1 aromatic carbocycles. The van der Waals surface area contributed by atoms with E-state index in [1.165, 1.54) is 0 Å². The topological polar surface area (TPSA) is 37.9 Å². The molecule has 0 fully saturated rings. The predicted octanol–water partition coefficient (Wildman–Crippen LogP) is 1.71. The minimum absolute atomic E-state index is 0.317. The van der Waals surface area contributed by atoms with Gasteiger partial charge in [-0.2, -0.15) is 0 Å². The highest BCUT2D eigenvalue weighted by Crippen LogP contribution is 2.10. The third-order valence-electron chi connectivity index (χ3n) is 1.86. The lowest BCUT2D eigenvalue weighted by molar-refractivity contribution is 0.148. The van der Waals surface area contributed by atoms with Gasteiger partial charge in [0.25, 0.3) is 0 Å². The molecule has 0 saturated heterocycles. The van der Waals surface area contributed by atoms with Crippen LogP contribution in [0, 0.1) is 12.3 Å². The highest BCUT2D eigenvalue weighted by Gasteiger charge is 2.00. The molecule has 0 bridgehead atoms. The summed E-state index contributed by atoms with van der Waals surface area (Å²) >= 11 is 0. The Labute approximate surface area is 82.1 Å². The van der Waals surface area contributed by atoms with Gasteiger partial charge in [-0.05, 0) is 12.1 Å². The van der Waals surface area contributed by atoms with Crippen LogP contribution in [0.15, 0.2) is 24.3 Å². The van der Waals surface area contributed by atoms with Crippen LogP contribution in [0.1, 0.15) is 5.82 Å². The van der Waals surface area contributed by atoms with Crippen LogP contribution in [0.2, 0.25) is 0 Å². The summed E-state index contributed by atoms with van der Waals surface area (Å²) < 4.78 is 5.17. The van der Waals surface area contributed by atoms with Crippen LogP contribution in [0.4, 0.5) is 0 Å². The first-order valence-electron chi connectivity index (χ1n) is 4.35. The van der Waals surface area contributed by atoms with Crippen molar-refractivity contribution in [2.24, 2.45) is 0 Å². The van der Waals surface area contributed by atoms with E-state index in [0.717, 1.165) is 16.9 Å². The third-order valence-corrected chi connectivity index (χ3v) is 1.86. The van der Waals surface area contributed by atoms with Crippen molar-refractivity contribution in [3.63, 3.8) is 0 Å². The summed E-state index contributed by atoms with van der Waals surface area (Å²) in [6.07, 6.45) is 5.06. The van der Waals surface area contributed by atoms with Gasteiger partial charge in [-0.3, -0.25) is 0 Å². The molecule has 1 heterocycles. The Bertz CT molecular complexity index is 434. The van der Waals surface area contributed by atoms with E-state index >= 15 is 0 Å². The van der Waals surface area contributed by atoms with Gasteiger partial charge in [-0.1, -0.05) is 18.1 Å². The van der Waals surface area contributed by atoms with E-state index in [1.807, 2.05) is 24.3 Å². The molecule has 1 aromatic heterocycles. The standard InChI is InChI=1S/C11H10N2O/c1-2-7-14-8-11-12-9-5-3-4-6-10(9)13-11/h1,3-6H,7-8H2,(H,12,13). The number of benzene rings is 1. The van der Waals surface area contributed by atoms with Gasteiger partial charge in [0.15, 0.2) is 0 Å².